The second kappa shape index (κ2) is 9.06. The lowest BCUT2D eigenvalue weighted by Gasteiger charge is -2.32. The number of nitrogens with zero attached hydrogens (tertiary/aromatic N) is 1. The first-order valence-corrected chi connectivity index (χ1v) is 9.53. The Labute approximate surface area is 160 Å². The fourth-order valence-electron chi connectivity index (χ4n) is 3.35. The molecule has 0 aliphatic carbocycles. The number of rotatable bonds is 6. The van der Waals surface area contributed by atoms with Crippen LogP contribution in [-0.2, 0) is 11.3 Å². The Kier molecular flexibility index (Phi) is 6.53. The van der Waals surface area contributed by atoms with Crippen LogP contribution in [0.4, 0.5) is 5.69 Å². The highest BCUT2D eigenvalue weighted by molar-refractivity contribution is 6.30. The number of nitrogens with one attached hydrogen (secondary N) is 1. The van der Waals surface area contributed by atoms with E-state index in [0.29, 0.717) is 6.61 Å². The Hall–Kier alpha value is -2.04. The number of hydrogen-bond acceptors (Lipinski definition) is 3. The minimum Gasteiger partial charge on any atom is -0.492 e. The van der Waals surface area contributed by atoms with Gasteiger partial charge in [0.1, 0.15) is 5.75 Å². The van der Waals surface area contributed by atoms with Crippen LogP contribution in [0, 0.1) is 5.92 Å². The van der Waals surface area contributed by atoms with Crippen molar-refractivity contribution in [3.05, 3.63) is 59.1 Å². The van der Waals surface area contributed by atoms with Gasteiger partial charge >= 0.3 is 0 Å². The summed E-state index contributed by atoms with van der Waals surface area (Å²) in [6.07, 6.45) is 1.94. The molecule has 4 nitrogen and oxygen atoms in total. The predicted octanol–water partition coefficient (Wildman–Crippen LogP) is 4.59. The number of piperidine rings is 1. The molecule has 0 aromatic heterocycles. The molecule has 5 heteroatoms. The molecule has 2 aromatic rings. The molecule has 0 saturated carbocycles. The number of benzene rings is 2. The van der Waals surface area contributed by atoms with E-state index in [-0.39, 0.29) is 11.8 Å². The molecule has 1 amide bonds. The van der Waals surface area contributed by atoms with Crippen LogP contribution in [0.5, 0.6) is 5.75 Å². The molecule has 0 spiro atoms. The highest BCUT2D eigenvalue weighted by Gasteiger charge is 2.26. The molecule has 1 heterocycles. The van der Waals surface area contributed by atoms with Gasteiger partial charge in [0.25, 0.3) is 0 Å². The number of hydrogen-bond donors (Lipinski definition) is 1. The van der Waals surface area contributed by atoms with Crippen molar-refractivity contribution in [2.75, 3.05) is 25.0 Å². The van der Waals surface area contributed by atoms with Gasteiger partial charge in [-0.1, -0.05) is 35.9 Å². The summed E-state index contributed by atoms with van der Waals surface area (Å²) in [5.74, 6) is 0.779. The average Bonchev–Trinajstić information content (AvgIpc) is 2.66. The van der Waals surface area contributed by atoms with Gasteiger partial charge in [0, 0.05) is 18.1 Å². The zero-order valence-corrected chi connectivity index (χ0v) is 15.8. The van der Waals surface area contributed by atoms with Gasteiger partial charge in [0.15, 0.2) is 0 Å². The number of carbonyl (C=O) groups is 1. The maximum Gasteiger partial charge on any atom is 0.228 e. The zero-order chi connectivity index (χ0) is 18.4. The Morgan fingerprint density at radius 3 is 2.77 bits per heavy atom. The van der Waals surface area contributed by atoms with Gasteiger partial charge in [-0.05, 0) is 56.1 Å². The van der Waals surface area contributed by atoms with E-state index in [1.165, 1.54) is 5.56 Å². The Bertz CT molecular complexity index is 733. The first kappa shape index (κ1) is 18.7. The molecular weight excluding hydrogens is 348 g/mol. The number of halogens is 1. The molecule has 1 N–H and O–H groups in total. The van der Waals surface area contributed by atoms with Crippen LogP contribution in [0.1, 0.15) is 25.3 Å². The quantitative estimate of drug-likeness (QED) is 0.806. The van der Waals surface area contributed by atoms with Crippen molar-refractivity contribution in [1.82, 2.24) is 4.90 Å². The zero-order valence-electron chi connectivity index (χ0n) is 15.1. The van der Waals surface area contributed by atoms with Crippen molar-refractivity contribution in [2.45, 2.75) is 26.3 Å². The van der Waals surface area contributed by atoms with Crippen LogP contribution in [-0.4, -0.2) is 30.5 Å². The fourth-order valence-corrected chi connectivity index (χ4v) is 3.47. The number of likely N-dealkylation sites (tertiary alicyclic amines) is 1. The molecule has 0 radical (unpaired) electrons. The molecule has 1 aliphatic rings. The summed E-state index contributed by atoms with van der Waals surface area (Å²) >= 11 is 5.95. The predicted molar refractivity (Wildman–Crippen MR) is 106 cm³/mol. The first-order valence-electron chi connectivity index (χ1n) is 9.15. The topological polar surface area (TPSA) is 41.6 Å². The molecule has 1 saturated heterocycles. The Morgan fingerprint density at radius 2 is 2.00 bits per heavy atom. The van der Waals surface area contributed by atoms with E-state index in [2.05, 4.69) is 10.2 Å². The van der Waals surface area contributed by atoms with Crippen LogP contribution < -0.4 is 10.1 Å². The van der Waals surface area contributed by atoms with E-state index in [9.17, 15) is 4.79 Å². The summed E-state index contributed by atoms with van der Waals surface area (Å²) in [5, 5.41) is 3.80. The van der Waals surface area contributed by atoms with Crippen molar-refractivity contribution in [3.8, 4) is 5.75 Å². The summed E-state index contributed by atoms with van der Waals surface area (Å²) in [5.41, 5.74) is 1.96. The van der Waals surface area contributed by atoms with Crippen LogP contribution in [0.15, 0.2) is 48.5 Å². The average molecular weight is 373 g/mol. The summed E-state index contributed by atoms with van der Waals surface area (Å²) in [6, 6.07) is 15.5. The molecule has 138 valence electrons. The lowest BCUT2D eigenvalue weighted by Crippen LogP contribution is -2.40. The Morgan fingerprint density at radius 1 is 1.23 bits per heavy atom. The first-order chi connectivity index (χ1) is 12.7. The van der Waals surface area contributed by atoms with Gasteiger partial charge in [-0.2, -0.15) is 0 Å². The van der Waals surface area contributed by atoms with Crippen LogP contribution in [0.2, 0.25) is 5.02 Å². The summed E-state index contributed by atoms with van der Waals surface area (Å²) in [6.45, 7) is 5.14. The minimum absolute atomic E-state index is 0.00858. The lowest BCUT2D eigenvalue weighted by molar-refractivity contribution is -0.121. The lowest BCUT2D eigenvalue weighted by atomic mass is 9.96. The number of para-hydroxylation sites is 2. The van der Waals surface area contributed by atoms with Gasteiger partial charge in [0.05, 0.1) is 18.2 Å². The fraction of sp³-hybridized carbons (Fsp3) is 0.381. The van der Waals surface area contributed by atoms with E-state index < -0.39 is 0 Å². The molecule has 2 aromatic carbocycles. The summed E-state index contributed by atoms with van der Waals surface area (Å²) in [4.78, 5) is 15.1. The van der Waals surface area contributed by atoms with Crippen molar-refractivity contribution in [3.63, 3.8) is 0 Å². The van der Waals surface area contributed by atoms with E-state index >= 15 is 0 Å². The maximum atomic E-state index is 12.8. The van der Waals surface area contributed by atoms with Gasteiger partial charge in [-0.15, -0.1) is 0 Å². The molecule has 3 rings (SSSR count). The third-order valence-corrected chi connectivity index (χ3v) is 4.89. The molecule has 0 unspecified atom stereocenters. The SMILES string of the molecule is CCOc1ccccc1NC(=O)[C@@H]1CCCN(Cc2ccc(Cl)cc2)C1. The van der Waals surface area contributed by atoms with Crippen molar-refractivity contribution < 1.29 is 9.53 Å². The highest BCUT2D eigenvalue weighted by atomic mass is 35.5. The minimum atomic E-state index is -0.00858. The largest absolute Gasteiger partial charge is 0.492 e. The van der Waals surface area contributed by atoms with Crippen LogP contribution in [0.25, 0.3) is 0 Å². The normalized spacial score (nSPS) is 17.7. The second-order valence-electron chi connectivity index (χ2n) is 6.62. The molecule has 0 bridgehead atoms. The van der Waals surface area contributed by atoms with Crippen molar-refractivity contribution >= 4 is 23.2 Å². The standard InChI is InChI=1S/C21H25ClN2O2/c1-2-26-20-8-4-3-7-19(20)23-21(25)17-6-5-13-24(15-17)14-16-9-11-18(22)12-10-16/h3-4,7-12,17H,2,5-6,13-15H2,1H3,(H,23,25)/t17-/m1/s1. The van der Waals surface area contributed by atoms with Gasteiger partial charge < -0.3 is 10.1 Å². The number of amides is 1. The van der Waals surface area contributed by atoms with Crippen LogP contribution in [0.3, 0.4) is 0 Å². The van der Waals surface area contributed by atoms with Gasteiger partial charge in [-0.3, -0.25) is 9.69 Å². The molecule has 1 fully saturated rings. The molecule has 1 aliphatic heterocycles. The van der Waals surface area contributed by atoms with E-state index in [1.807, 2.05) is 55.5 Å². The number of carbonyl (C=O) groups excluding carboxylic acids is 1. The molecule has 1 atom stereocenters. The van der Waals surface area contributed by atoms with E-state index in [1.54, 1.807) is 0 Å². The summed E-state index contributed by atoms with van der Waals surface area (Å²) < 4.78 is 5.60. The third kappa shape index (κ3) is 4.99. The summed E-state index contributed by atoms with van der Waals surface area (Å²) in [7, 11) is 0. The molecular formula is C21H25ClN2O2. The number of anilines is 1. The Balaban J connectivity index is 1.60. The van der Waals surface area contributed by atoms with E-state index in [4.69, 9.17) is 16.3 Å². The van der Waals surface area contributed by atoms with Crippen LogP contribution >= 0.6 is 11.6 Å². The van der Waals surface area contributed by atoms with Crippen molar-refractivity contribution in [1.29, 1.82) is 0 Å². The maximum absolute atomic E-state index is 12.8. The van der Waals surface area contributed by atoms with E-state index in [0.717, 1.165) is 48.9 Å². The van der Waals surface area contributed by atoms with Gasteiger partial charge in [0.2, 0.25) is 5.91 Å². The smallest absolute Gasteiger partial charge is 0.228 e. The monoisotopic (exact) mass is 372 g/mol. The van der Waals surface area contributed by atoms with Crippen molar-refractivity contribution in [2.24, 2.45) is 5.92 Å². The molecule has 26 heavy (non-hydrogen) atoms. The third-order valence-electron chi connectivity index (χ3n) is 4.64. The highest BCUT2D eigenvalue weighted by Crippen LogP contribution is 2.26. The van der Waals surface area contributed by atoms with Gasteiger partial charge in [-0.25, -0.2) is 0 Å². The number of ether oxygens (including phenoxy) is 1. The second-order valence-corrected chi connectivity index (χ2v) is 7.06.